The first-order valence-electron chi connectivity index (χ1n) is 15.4. The second-order valence-corrected chi connectivity index (χ2v) is 13.4. The molecule has 0 radical (unpaired) electrons. The summed E-state index contributed by atoms with van der Waals surface area (Å²) in [7, 11) is 0. The van der Waals surface area contributed by atoms with Crippen LogP contribution in [-0.4, -0.2) is 76.0 Å². The zero-order valence-corrected chi connectivity index (χ0v) is 25.9. The van der Waals surface area contributed by atoms with Crippen molar-refractivity contribution in [1.82, 2.24) is 10.2 Å². The van der Waals surface area contributed by atoms with E-state index in [0.29, 0.717) is 18.7 Å². The number of hydrogen-bond acceptors (Lipinski definition) is 6. The number of carbonyl (C=O) groups is 3. The Morgan fingerprint density at radius 2 is 1.76 bits per heavy atom. The van der Waals surface area contributed by atoms with Crippen LogP contribution in [0.15, 0.2) is 54.6 Å². The van der Waals surface area contributed by atoms with Crippen LogP contribution >= 0.6 is 11.8 Å². The average molecular weight is 593 g/mol. The molecule has 0 saturated carbocycles. The molecular weight excluding hydrogens is 548 g/mol. The highest BCUT2D eigenvalue weighted by atomic mass is 32.2. The number of fused-ring (bicyclic) bond motifs is 1. The van der Waals surface area contributed by atoms with Crippen LogP contribution in [0.25, 0.3) is 0 Å². The second-order valence-electron chi connectivity index (χ2n) is 11.8. The number of likely N-dealkylation sites (tertiary alicyclic amines) is 1. The lowest BCUT2D eigenvalue weighted by Crippen LogP contribution is -2.57. The maximum Gasteiger partial charge on any atom is 0.248 e. The number of aliphatic hydroxyl groups excluding tert-OH is 1. The molecule has 3 N–H and O–H groups in total. The minimum Gasteiger partial charge on any atom is -0.394 e. The minimum atomic E-state index is -0.813. The summed E-state index contributed by atoms with van der Waals surface area (Å²) in [6.07, 6.45) is 2.00. The molecule has 3 amide bonds. The van der Waals surface area contributed by atoms with Crippen LogP contribution in [0.2, 0.25) is 0 Å². The topological polar surface area (TPSA) is 102 Å². The van der Waals surface area contributed by atoms with Crippen LogP contribution in [-0.2, 0) is 20.8 Å². The number of amides is 3. The number of thioether (sulfide) groups is 1. The van der Waals surface area contributed by atoms with Crippen molar-refractivity contribution in [2.75, 3.05) is 36.5 Å². The largest absolute Gasteiger partial charge is 0.394 e. The summed E-state index contributed by atoms with van der Waals surface area (Å²) in [5.41, 5.74) is 2.72. The fraction of sp³-hybridized carbons (Fsp3) is 0.545. The average Bonchev–Trinajstić information content (AvgIpc) is 3.60. The van der Waals surface area contributed by atoms with Gasteiger partial charge in [-0.2, -0.15) is 0 Å². The van der Waals surface area contributed by atoms with Crippen molar-refractivity contribution < 1.29 is 19.5 Å². The first-order chi connectivity index (χ1) is 20.3. The van der Waals surface area contributed by atoms with Gasteiger partial charge in [0.15, 0.2) is 0 Å². The summed E-state index contributed by atoms with van der Waals surface area (Å²) in [4.78, 5) is 46.2. The Balaban J connectivity index is 1.51. The molecule has 3 fully saturated rings. The van der Waals surface area contributed by atoms with Crippen LogP contribution in [0.4, 0.5) is 11.4 Å². The van der Waals surface area contributed by atoms with Gasteiger partial charge in [0.1, 0.15) is 6.04 Å². The number of rotatable bonds is 12. The number of nitrogens with one attached hydrogen (secondary N) is 2. The quantitative estimate of drug-likeness (QED) is 0.345. The Morgan fingerprint density at radius 1 is 1.07 bits per heavy atom. The predicted octanol–water partition coefficient (Wildman–Crippen LogP) is 3.94. The molecule has 2 bridgehead atoms. The molecule has 3 aliphatic rings. The van der Waals surface area contributed by atoms with E-state index in [9.17, 15) is 19.5 Å². The maximum absolute atomic E-state index is 14.5. The van der Waals surface area contributed by atoms with Gasteiger partial charge in [-0.05, 0) is 68.9 Å². The van der Waals surface area contributed by atoms with Gasteiger partial charge in [0, 0.05) is 36.3 Å². The lowest BCUT2D eigenvalue weighted by atomic mass is 9.66. The molecule has 8 nitrogen and oxygen atoms in total. The number of aliphatic hydroxyl groups is 1. The monoisotopic (exact) mass is 592 g/mol. The molecule has 0 aromatic heterocycles. The van der Waals surface area contributed by atoms with Gasteiger partial charge in [-0.15, -0.1) is 11.8 Å². The normalized spacial score (nSPS) is 28.5. The highest BCUT2D eigenvalue weighted by Gasteiger charge is 2.76. The van der Waals surface area contributed by atoms with E-state index in [-0.39, 0.29) is 35.5 Å². The summed E-state index contributed by atoms with van der Waals surface area (Å²) in [5, 5.41) is 16.8. The molecule has 0 aliphatic carbocycles. The Hall–Kier alpha value is -3.04. The lowest BCUT2D eigenvalue weighted by molar-refractivity contribution is -0.142. The molecule has 42 heavy (non-hydrogen) atoms. The van der Waals surface area contributed by atoms with Crippen LogP contribution in [0.5, 0.6) is 0 Å². The fourth-order valence-electron chi connectivity index (χ4n) is 7.51. The Kier molecular flexibility index (Phi) is 9.18. The summed E-state index contributed by atoms with van der Waals surface area (Å²) in [6, 6.07) is 16.1. The van der Waals surface area contributed by atoms with E-state index < -0.39 is 28.7 Å². The number of hydrogen-bond donors (Lipinski definition) is 3. The first kappa shape index (κ1) is 30.4. The Labute approximate surface area is 253 Å². The number of benzene rings is 2. The molecule has 3 saturated heterocycles. The SMILES string of the molecule is CCCNC(=O)[C@@H]1[C@H]2C(=O)N([C@@H](CO)Cc3ccccc3)C(C(=O)Nc3ccc(N(CC)CC)cc3)C23S[C@@H]1CC3C. The highest BCUT2D eigenvalue weighted by molar-refractivity contribution is 8.02. The van der Waals surface area contributed by atoms with E-state index in [2.05, 4.69) is 36.3 Å². The second kappa shape index (κ2) is 12.7. The van der Waals surface area contributed by atoms with Crippen molar-refractivity contribution in [2.45, 2.75) is 69.0 Å². The smallest absolute Gasteiger partial charge is 0.248 e. The van der Waals surface area contributed by atoms with Crippen LogP contribution in [0.3, 0.4) is 0 Å². The summed E-state index contributed by atoms with van der Waals surface area (Å²) in [5.74, 6) is -1.60. The maximum atomic E-state index is 14.5. The molecule has 3 aliphatic heterocycles. The number of anilines is 2. The van der Waals surface area contributed by atoms with Crippen molar-refractivity contribution in [3.8, 4) is 0 Å². The molecule has 5 rings (SSSR count). The van der Waals surface area contributed by atoms with Crippen molar-refractivity contribution in [3.05, 3.63) is 60.2 Å². The van der Waals surface area contributed by atoms with E-state index in [1.54, 1.807) is 16.7 Å². The van der Waals surface area contributed by atoms with Crippen molar-refractivity contribution in [2.24, 2.45) is 17.8 Å². The lowest BCUT2D eigenvalue weighted by Gasteiger charge is -2.40. The molecule has 3 unspecified atom stereocenters. The van der Waals surface area contributed by atoms with Gasteiger partial charge in [-0.3, -0.25) is 14.4 Å². The highest BCUT2D eigenvalue weighted by Crippen LogP contribution is 2.68. The van der Waals surface area contributed by atoms with E-state index >= 15 is 0 Å². The third kappa shape index (κ3) is 5.19. The molecule has 1 spiro atoms. The summed E-state index contributed by atoms with van der Waals surface area (Å²) in [6.45, 7) is 10.4. The summed E-state index contributed by atoms with van der Waals surface area (Å²) >= 11 is 1.66. The molecule has 9 heteroatoms. The van der Waals surface area contributed by atoms with E-state index in [0.717, 1.165) is 37.2 Å². The fourth-order valence-corrected chi connectivity index (χ4v) is 9.92. The molecule has 2 aromatic carbocycles. The van der Waals surface area contributed by atoms with Gasteiger partial charge in [0.05, 0.1) is 29.2 Å². The molecular formula is C33H44N4O4S. The third-order valence-corrected chi connectivity index (χ3v) is 11.5. The molecule has 2 aromatic rings. The van der Waals surface area contributed by atoms with E-state index in [4.69, 9.17) is 0 Å². The number of carbonyl (C=O) groups excluding carboxylic acids is 3. The zero-order valence-electron chi connectivity index (χ0n) is 25.1. The Bertz CT molecular complexity index is 1270. The van der Waals surface area contributed by atoms with Crippen LogP contribution < -0.4 is 15.5 Å². The van der Waals surface area contributed by atoms with Gasteiger partial charge < -0.3 is 25.5 Å². The third-order valence-electron chi connectivity index (χ3n) is 9.47. The van der Waals surface area contributed by atoms with E-state index in [1.807, 2.05) is 61.5 Å². The molecule has 7 atom stereocenters. The summed E-state index contributed by atoms with van der Waals surface area (Å²) < 4.78 is -0.745. The zero-order chi connectivity index (χ0) is 30.0. The standard InChI is InChI=1S/C33H44N4O4S/c1-5-17-34-30(39)27-26-18-21(4)33(42-26)28(27)32(41)37(25(20-38)19-22-11-9-8-10-12-22)29(33)31(40)35-23-13-15-24(16-14-23)36(6-2)7-3/h8-16,21,25-29,38H,5-7,17-20H2,1-4H3,(H,34,39)(H,35,40)/t21?,25-,26-,27+,28+,29?,33?/m1/s1. The van der Waals surface area contributed by atoms with Gasteiger partial charge in [0.25, 0.3) is 0 Å². The van der Waals surface area contributed by atoms with Crippen molar-refractivity contribution in [1.29, 1.82) is 0 Å². The van der Waals surface area contributed by atoms with Gasteiger partial charge in [-0.25, -0.2) is 0 Å². The van der Waals surface area contributed by atoms with Gasteiger partial charge in [0.2, 0.25) is 17.7 Å². The van der Waals surface area contributed by atoms with Gasteiger partial charge >= 0.3 is 0 Å². The van der Waals surface area contributed by atoms with Crippen LogP contribution in [0.1, 0.15) is 46.1 Å². The Morgan fingerprint density at radius 3 is 2.38 bits per heavy atom. The predicted molar refractivity (Wildman–Crippen MR) is 168 cm³/mol. The molecule has 226 valence electrons. The molecule has 3 heterocycles. The van der Waals surface area contributed by atoms with Crippen molar-refractivity contribution in [3.63, 3.8) is 0 Å². The van der Waals surface area contributed by atoms with Gasteiger partial charge in [-0.1, -0.05) is 44.2 Å². The first-order valence-corrected chi connectivity index (χ1v) is 16.3. The van der Waals surface area contributed by atoms with Crippen LogP contribution in [0, 0.1) is 17.8 Å². The van der Waals surface area contributed by atoms with Crippen molar-refractivity contribution >= 4 is 40.9 Å². The van der Waals surface area contributed by atoms with E-state index in [1.165, 1.54) is 0 Å². The minimum absolute atomic E-state index is 0.0155. The number of nitrogens with zero attached hydrogens (tertiary/aromatic N) is 2.